The van der Waals surface area contributed by atoms with Crippen LogP contribution in [0.15, 0.2) is 16.8 Å². The summed E-state index contributed by atoms with van der Waals surface area (Å²) in [7, 11) is 0. The van der Waals surface area contributed by atoms with Crippen molar-refractivity contribution in [1.29, 1.82) is 0 Å². The summed E-state index contributed by atoms with van der Waals surface area (Å²) in [5.41, 5.74) is 0.457. The average molecular weight is 282 g/mol. The number of carbonyl (C=O) groups is 1. The molecule has 0 aromatic rings. The predicted octanol–water partition coefficient (Wildman–Crippen LogP) is 3.40. The molecule has 0 radical (unpaired) electrons. The van der Waals surface area contributed by atoms with Gasteiger partial charge in [-0.2, -0.15) is 0 Å². The first-order chi connectivity index (χ1) is 9.35. The highest BCUT2D eigenvalue weighted by atomic mass is 19.1. The zero-order valence-electron chi connectivity index (χ0n) is 13.2. The van der Waals surface area contributed by atoms with Crippen LogP contribution in [0.4, 0.5) is 4.39 Å². The van der Waals surface area contributed by atoms with Crippen LogP contribution in [-0.4, -0.2) is 42.2 Å². The summed E-state index contributed by atoms with van der Waals surface area (Å²) in [6, 6.07) is 0. The molecule has 0 aromatic carbocycles. The predicted molar refractivity (Wildman–Crippen MR) is 81.9 cm³/mol. The lowest BCUT2D eigenvalue weighted by molar-refractivity contribution is -0.104. The zero-order chi connectivity index (χ0) is 15.2. The molecule has 0 amide bonds. The molecule has 0 atom stereocenters. The lowest BCUT2D eigenvalue weighted by Gasteiger charge is -2.33. The van der Waals surface area contributed by atoms with Gasteiger partial charge in [-0.3, -0.25) is 9.79 Å². The highest BCUT2D eigenvalue weighted by molar-refractivity contribution is 5.89. The third-order valence-corrected chi connectivity index (χ3v) is 3.92. The molecule has 0 bridgehead atoms. The molecule has 0 unspecified atom stereocenters. The SMILES string of the molecule is C/C=C(/C=O)N=C(C)C1CCN(CCC(C)(C)F)CC1. The molecule has 1 saturated heterocycles. The quantitative estimate of drug-likeness (QED) is 0.425. The van der Waals surface area contributed by atoms with Crippen LogP contribution in [0.1, 0.15) is 47.0 Å². The second-order valence-corrected chi connectivity index (χ2v) is 6.17. The maximum Gasteiger partial charge on any atom is 0.168 e. The molecule has 0 aromatic heterocycles. The highest BCUT2D eigenvalue weighted by Gasteiger charge is 2.23. The van der Waals surface area contributed by atoms with Crippen LogP contribution in [0.25, 0.3) is 0 Å². The van der Waals surface area contributed by atoms with Crippen LogP contribution in [0.5, 0.6) is 0 Å². The Morgan fingerprint density at radius 3 is 2.45 bits per heavy atom. The molecule has 1 heterocycles. The first kappa shape index (κ1) is 17.0. The van der Waals surface area contributed by atoms with Gasteiger partial charge < -0.3 is 4.90 Å². The number of alkyl halides is 1. The van der Waals surface area contributed by atoms with Gasteiger partial charge in [0.1, 0.15) is 5.67 Å². The van der Waals surface area contributed by atoms with Crippen LogP contribution in [0, 0.1) is 5.92 Å². The molecule has 1 fully saturated rings. The van der Waals surface area contributed by atoms with Gasteiger partial charge in [0.05, 0.1) is 5.70 Å². The summed E-state index contributed by atoms with van der Waals surface area (Å²) in [5.74, 6) is 0.444. The Morgan fingerprint density at radius 1 is 1.40 bits per heavy atom. The van der Waals surface area contributed by atoms with Crippen molar-refractivity contribution in [3.05, 3.63) is 11.8 Å². The van der Waals surface area contributed by atoms with E-state index in [1.165, 1.54) is 0 Å². The van der Waals surface area contributed by atoms with E-state index >= 15 is 0 Å². The van der Waals surface area contributed by atoms with E-state index in [9.17, 15) is 9.18 Å². The first-order valence-electron chi connectivity index (χ1n) is 7.43. The Morgan fingerprint density at radius 2 is 2.00 bits per heavy atom. The molecular weight excluding hydrogens is 255 g/mol. The zero-order valence-corrected chi connectivity index (χ0v) is 13.2. The van der Waals surface area contributed by atoms with Crippen LogP contribution >= 0.6 is 0 Å². The van der Waals surface area contributed by atoms with E-state index in [0.29, 0.717) is 18.0 Å². The third-order valence-electron chi connectivity index (χ3n) is 3.92. The number of aliphatic imine (C=N–C) groups is 1. The summed E-state index contributed by atoms with van der Waals surface area (Å²) < 4.78 is 13.5. The van der Waals surface area contributed by atoms with Gasteiger partial charge in [-0.25, -0.2) is 4.39 Å². The van der Waals surface area contributed by atoms with Gasteiger partial charge in [-0.15, -0.1) is 0 Å². The largest absolute Gasteiger partial charge is 0.303 e. The number of likely N-dealkylation sites (tertiary alicyclic amines) is 1. The topological polar surface area (TPSA) is 32.7 Å². The fourth-order valence-electron chi connectivity index (χ4n) is 2.45. The molecule has 0 N–H and O–H groups in total. The van der Waals surface area contributed by atoms with Crippen LogP contribution in [-0.2, 0) is 4.79 Å². The van der Waals surface area contributed by atoms with Gasteiger partial charge in [-0.05, 0) is 66.0 Å². The number of hydrogen-bond donors (Lipinski definition) is 0. The fourth-order valence-corrected chi connectivity index (χ4v) is 2.45. The van der Waals surface area contributed by atoms with Crippen molar-refractivity contribution < 1.29 is 9.18 Å². The fraction of sp³-hybridized carbons (Fsp3) is 0.750. The van der Waals surface area contributed by atoms with E-state index in [0.717, 1.165) is 44.5 Å². The van der Waals surface area contributed by atoms with Crippen LogP contribution < -0.4 is 0 Å². The number of aldehydes is 1. The minimum atomic E-state index is -1.08. The van der Waals surface area contributed by atoms with Gasteiger partial charge in [0.2, 0.25) is 0 Å². The van der Waals surface area contributed by atoms with Crippen molar-refractivity contribution in [2.24, 2.45) is 10.9 Å². The summed E-state index contributed by atoms with van der Waals surface area (Å²) in [5, 5.41) is 0. The van der Waals surface area contributed by atoms with Crippen molar-refractivity contribution in [3.8, 4) is 0 Å². The van der Waals surface area contributed by atoms with Gasteiger partial charge >= 0.3 is 0 Å². The number of halogens is 1. The summed E-state index contributed by atoms with van der Waals surface area (Å²) in [6.07, 6.45) is 5.19. The summed E-state index contributed by atoms with van der Waals surface area (Å²) in [4.78, 5) is 17.5. The Labute approximate surface area is 122 Å². The van der Waals surface area contributed by atoms with Crippen molar-refractivity contribution in [1.82, 2.24) is 4.90 Å². The smallest absolute Gasteiger partial charge is 0.168 e. The summed E-state index contributed by atoms with van der Waals surface area (Å²) >= 11 is 0. The molecular formula is C16H27FN2O. The number of carbonyl (C=O) groups excluding carboxylic acids is 1. The molecule has 1 rings (SSSR count). The van der Waals surface area contributed by atoms with Crippen molar-refractivity contribution >= 4 is 12.0 Å². The molecule has 0 saturated carbocycles. The number of allylic oxidation sites excluding steroid dienone is 2. The third kappa shape index (κ3) is 5.95. The van der Waals surface area contributed by atoms with Gasteiger partial charge in [0, 0.05) is 12.3 Å². The minimum absolute atomic E-state index is 0.444. The minimum Gasteiger partial charge on any atom is -0.303 e. The number of piperidine rings is 1. The lowest BCUT2D eigenvalue weighted by atomic mass is 9.92. The normalized spacial score (nSPS) is 20.2. The van der Waals surface area contributed by atoms with Crippen LogP contribution in [0.3, 0.4) is 0 Å². The van der Waals surface area contributed by atoms with Crippen molar-refractivity contribution in [3.63, 3.8) is 0 Å². The highest BCUT2D eigenvalue weighted by Crippen LogP contribution is 2.21. The Kier molecular flexibility index (Phi) is 6.53. The van der Waals surface area contributed by atoms with E-state index in [1.807, 2.05) is 13.8 Å². The Balaban J connectivity index is 2.44. The molecule has 3 nitrogen and oxygen atoms in total. The maximum atomic E-state index is 13.5. The monoisotopic (exact) mass is 282 g/mol. The standard InChI is InChI=1S/C16H27FN2O/c1-5-15(12-20)18-13(2)14-6-9-19(10-7-14)11-8-16(3,4)17/h5,12,14H,6-11H2,1-4H3/b15-5-,18-13?. The Hall–Kier alpha value is -1.03. The van der Waals surface area contributed by atoms with Crippen LogP contribution in [0.2, 0.25) is 0 Å². The van der Waals surface area contributed by atoms with Crippen molar-refractivity contribution in [2.75, 3.05) is 19.6 Å². The second-order valence-electron chi connectivity index (χ2n) is 6.17. The van der Waals surface area contributed by atoms with E-state index in [4.69, 9.17) is 0 Å². The van der Waals surface area contributed by atoms with E-state index in [1.54, 1.807) is 19.9 Å². The molecule has 20 heavy (non-hydrogen) atoms. The van der Waals surface area contributed by atoms with E-state index in [-0.39, 0.29) is 0 Å². The van der Waals surface area contributed by atoms with Gasteiger partial charge in [0.25, 0.3) is 0 Å². The Bertz CT molecular complexity index is 374. The van der Waals surface area contributed by atoms with E-state index in [2.05, 4.69) is 9.89 Å². The molecule has 1 aliphatic heterocycles. The number of hydrogen-bond acceptors (Lipinski definition) is 3. The van der Waals surface area contributed by atoms with Crippen molar-refractivity contribution in [2.45, 2.75) is 52.6 Å². The van der Waals surface area contributed by atoms with E-state index < -0.39 is 5.67 Å². The number of nitrogens with zero attached hydrogens (tertiary/aromatic N) is 2. The molecule has 0 aliphatic carbocycles. The molecule has 4 heteroatoms. The molecule has 0 spiro atoms. The van der Waals surface area contributed by atoms with Gasteiger partial charge in [0.15, 0.2) is 6.29 Å². The first-order valence-corrected chi connectivity index (χ1v) is 7.43. The maximum absolute atomic E-state index is 13.5. The van der Waals surface area contributed by atoms with Gasteiger partial charge in [-0.1, -0.05) is 6.08 Å². The molecule has 114 valence electrons. The number of rotatable bonds is 6. The second kappa shape index (κ2) is 7.67. The molecule has 1 aliphatic rings. The lowest BCUT2D eigenvalue weighted by Crippen LogP contribution is -2.38. The summed E-state index contributed by atoms with van der Waals surface area (Å²) in [6.45, 7) is 9.88. The average Bonchev–Trinajstić information content (AvgIpc) is 2.42.